The fourth-order valence-corrected chi connectivity index (χ4v) is 4.76. The minimum Gasteiger partial charge on any atom is -0.507 e. The highest BCUT2D eigenvalue weighted by atomic mass is 35.5. The van der Waals surface area contributed by atoms with Gasteiger partial charge in [-0.05, 0) is 38.2 Å². The minimum atomic E-state index is -2.08. The number of hydrogen-bond acceptors (Lipinski definition) is 7. The molecule has 2 aromatic rings. The van der Waals surface area contributed by atoms with Gasteiger partial charge in [-0.25, -0.2) is 9.78 Å². The lowest BCUT2D eigenvalue weighted by atomic mass is 9.52. The van der Waals surface area contributed by atoms with E-state index in [2.05, 4.69) is 9.88 Å². The molecule has 6 radical (unpaired) electrons. The maximum Gasteiger partial charge on any atom is 0.410 e. The molecule has 1 aromatic carbocycles. The van der Waals surface area contributed by atoms with E-state index >= 15 is 0 Å². The van der Waals surface area contributed by atoms with Gasteiger partial charge in [0.05, 0.1) is 21.7 Å². The number of carbonyl (C=O) groups is 1. The van der Waals surface area contributed by atoms with Crippen LogP contribution in [-0.2, 0) is 11.3 Å². The summed E-state index contributed by atoms with van der Waals surface area (Å²) in [5.41, 5.74) is 0.172. The molecule has 1 fully saturated rings. The van der Waals surface area contributed by atoms with Gasteiger partial charge in [-0.15, -0.1) is 0 Å². The molecule has 2 aliphatic heterocycles. The zero-order valence-corrected chi connectivity index (χ0v) is 21.8. The van der Waals surface area contributed by atoms with Crippen LogP contribution >= 0.6 is 23.2 Å². The summed E-state index contributed by atoms with van der Waals surface area (Å²) in [6.07, 6.45) is -0.377. The van der Waals surface area contributed by atoms with Crippen molar-refractivity contribution in [1.29, 1.82) is 0 Å². The first kappa shape index (κ1) is 26.8. The number of benzene rings is 1. The zero-order chi connectivity index (χ0) is 26.4. The third-order valence-electron chi connectivity index (χ3n) is 5.68. The maximum absolute atomic E-state index is 12.6. The largest absolute Gasteiger partial charge is 0.507 e. The molecular formula is C23H24B3Cl2N3O5. The molecular weight excluding hydrogens is 502 g/mol. The first-order valence-corrected chi connectivity index (χ1v) is 12.1. The number of aromatic nitrogens is 1. The van der Waals surface area contributed by atoms with Crippen LogP contribution in [0.3, 0.4) is 0 Å². The van der Waals surface area contributed by atoms with Crippen molar-refractivity contribution in [3.63, 3.8) is 0 Å². The number of piperazine rings is 1. The van der Waals surface area contributed by atoms with Crippen LogP contribution in [-0.4, -0.2) is 92.7 Å². The van der Waals surface area contributed by atoms with Gasteiger partial charge in [-0.1, -0.05) is 29.3 Å². The molecule has 2 aliphatic rings. The van der Waals surface area contributed by atoms with Crippen LogP contribution in [0.15, 0.2) is 18.2 Å². The second kappa shape index (κ2) is 9.91. The molecule has 4 rings (SSSR count). The van der Waals surface area contributed by atoms with Gasteiger partial charge >= 0.3 is 6.09 Å². The monoisotopic (exact) mass is 525 g/mol. The Balaban J connectivity index is 1.70. The number of hydrogen-bond donors (Lipinski definition) is 1. The molecule has 1 N–H and O–H groups in total. The van der Waals surface area contributed by atoms with E-state index in [1.54, 1.807) is 17.0 Å². The second-order valence-electron chi connectivity index (χ2n) is 9.83. The van der Waals surface area contributed by atoms with Gasteiger partial charge in [-0.3, -0.25) is 4.90 Å². The summed E-state index contributed by atoms with van der Waals surface area (Å²) in [6, 6.07) is 4.46. The van der Waals surface area contributed by atoms with Gasteiger partial charge in [-0.2, -0.15) is 0 Å². The van der Waals surface area contributed by atoms with E-state index in [0.717, 1.165) is 0 Å². The summed E-state index contributed by atoms with van der Waals surface area (Å²) in [4.78, 5) is 21.0. The SMILES string of the molecule is [B]C([B])([B])Oc1nc2c(c(Cl)c1-c1c(O)cccc1Cl)OC[C@H]1CN(C(=O)OC(C)(C)C)CCN1C2. The third kappa shape index (κ3) is 5.84. The first-order valence-electron chi connectivity index (χ1n) is 11.3. The van der Waals surface area contributed by atoms with Crippen LogP contribution in [0.25, 0.3) is 11.1 Å². The number of fused-ring (bicyclic) bond motifs is 2. The maximum atomic E-state index is 12.6. The Kier molecular flexibility index (Phi) is 7.39. The number of aromatic hydroxyl groups is 1. The molecule has 1 amide bonds. The minimum absolute atomic E-state index is 0.103. The molecule has 0 unspecified atom stereocenters. The number of amides is 1. The quantitative estimate of drug-likeness (QED) is 0.617. The van der Waals surface area contributed by atoms with Gasteiger partial charge < -0.3 is 24.2 Å². The number of pyridine rings is 1. The van der Waals surface area contributed by atoms with Crippen molar-refractivity contribution < 1.29 is 24.1 Å². The summed E-state index contributed by atoms with van der Waals surface area (Å²) in [5.74, 6) is 0.0315. The van der Waals surface area contributed by atoms with Crippen LogP contribution in [0.1, 0.15) is 26.5 Å². The van der Waals surface area contributed by atoms with E-state index in [1.165, 1.54) is 6.07 Å². The summed E-state index contributed by atoms with van der Waals surface area (Å²) < 4.78 is 17.2. The molecule has 1 aromatic heterocycles. The topological polar surface area (TPSA) is 84.4 Å². The molecule has 3 heterocycles. The lowest BCUT2D eigenvalue weighted by molar-refractivity contribution is -0.00164. The lowest BCUT2D eigenvalue weighted by Gasteiger charge is -2.40. The van der Waals surface area contributed by atoms with Crippen LogP contribution in [0.2, 0.25) is 10.0 Å². The number of rotatable bonds is 3. The van der Waals surface area contributed by atoms with Crippen LogP contribution in [0.4, 0.5) is 4.79 Å². The molecule has 8 nitrogen and oxygen atoms in total. The smallest absolute Gasteiger partial charge is 0.410 e. The predicted octanol–water partition coefficient (Wildman–Crippen LogP) is 3.07. The van der Waals surface area contributed by atoms with E-state index in [9.17, 15) is 9.90 Å². The van der Waals surface area contributed by atoms with Crippen LogP contribution < -0.4 is 9.47 Å². The summed E-state index contributed by atoms with van der Waals surface area (Å²) in [5, 5.41) is 8.78. The lowest BCUT2D eigenvalue weighted by Crippen LogP contribution is -2.56. The van der Waals surface area contributed by atoms with E-state index < -0.39 is 10.9 Å². The fourth-order valence-electron chi connectivity index (χ4n) is 4.16. The Morgan fingerprint density at radius 2 is 1.92 bits per heavy atom. The summed E-state index contributed by atoms with van der Waals surface area (Å²) in [6.45, 7) is 7.49. The van der Waals surface area contributed by atoms with Gasteiger partial charge in [0.25, 0.3) is 0 Å². The Labute approximate surface area is 224 Å². The van der Waals surface area contributed by atoms with Gasteiger partial charge in [0.2, 0.25) is 5.88 Å². The van der Waals surface area contributed by atoms with Gasteiger partial charge in [0, 0.05) is 31.7 Å². The van der Waals surface area contributed by atoms with Crippen molar-refractivity contribution in [3.8, 4) is 28.5 Å². The zero-order valence-electron chi connectivity index (χ0n) is 20.3. The van der Waals surface area contributed by atoms with Gasteiger partial charge in [0.15, 0.2) is 5.75 Å². The summed E-state index contributed by atoms with van der Waals surface area (Å²) >= 11 is 13.2. The summed E-state index contributed by atoms with van der Waals surface area (Å²) in [7, 11) is 17.1. The molecule has 36 heavy (non-hydrogen) atoms. The fraction of sp³-hybridized carbons (Fsp3) is 0.478. The van der Waals surface area contributed by atoms with Crippen molar-refractivity contribution in [2.45, 2.75) is 44.3 Å². The average Bonchev–Trinajstić information content (AvgIpc) is 2.92. The number of carbonyl (C=O) groups excluding carboxylic acids is 1. The van der Waals surface area contributed by atoms with Crippen molar-refractivity contribution in [1.82, 2.24) is 14.8 Å². The van der Waals surface area contributed by atoms with Crippen LogP contribution in [0, 0.1) is 0 Å². The molecule has 0 spiro atoms. The van der Waals surface area contributed by atoms with Crippen molar-refractivity contribution in [2.24, 2.45) is 0 Å². The highest BCUT2D eigenvalue weighted by molar-refractivity contribution is 6.58. The Bertz CT molecular complexity index is 1150. The van der Waals surface area contributed by atoms with E-state index in [0.29, 0.717) is 37.6 Å². The number of ether oxygens (including phenoxy) is 3. The number of halogens is 2. The molecule has 0 bridgehead atoms. The molecule has 0 saturated carbocycles. The van der Waals surface area contributed by atoms with E-state index in [-0.39, 0.29) is 51.5 Å². The van der Waals surface area contributed by atoms with Crippen molar-refractivity contribution in [3.05, 3.63) is 33.9 Å². The van der Waals surface area contributed by atoms with Crippen LogP contribution in [0.5, 0.6) is 17.4 Å². The molecule has 1 atom stereocenters. The van der Waals surface area contributed by atoms with E-state index in [4.69, 9.17) is 61.0 Å². The molecule has 184 valence electrons. The standard InChI is InChI=1S/C23H24B3Cl2N3O5/c1-22(2,3)36-21(33)31-8-7-30-10-14-19(34-11-12(30)9-31)18(28)17(20(29-14)35-23(24,25)26)16-13(27)5-4-6-15(16)32/h4-6,12,32H,7-11H2,1-3H3/t12-/m1/s1. The average molecular weight is 526 g/mol. The second-order valence-corrected chi connectivity index (χ2v) is 10.6. The van der Waals surface area contributed by atoms with Crippen molar-refractivity contribution in [2.75, 3.05) is 26.2 Å². The Morgan fingerprint density at radius 1 is 1.19 bits per heavy atom. The normalized spacial score (nSPS) is 18.5. The third-order valence-corrected chi connectivity index (χ3v) is 6.35. The number of nitrogens with zero attached hydrogens (tertiary/aromatic N) is 3. The van der Waals surface area contributed by atoms with E-state index in [1.807, 2.05) is 20.8 Å². The highest BCUT2D eigenvalue weighted by Gasteiger charge is 2.37. The molecule has 0 aliphatic carbocycles. The number of phenolic OH excluding ortho intramolecular Hbond substituents is 1. The molecule has 13 heteroatoms. The Hall–Kier alpha value is -2.23. The van der Waals surface area contributed by atoms with Gasteiger partial charge in [0.1, 0.15) is 47.2 Å². The number of phenols is 1. The Morgan fingerprint density at radius 3 is 2.56 bits per heavy atom. The predicted molar refractivity (Wildman–Crippen MR) is 139 cm³/mol. The van der Waals surface area contributed by atoms with Crippen molar-refractivity contribution >= 4 is 52.8 Å². The molecule has 1 saturated heterocycles. The first-order chi connectivity index (χ1) is 16.7. The highest BCUT2D eigenvalue weighted by Crippen LogP contribution is 2.49.